The summed E-state index contributed by atoms with van der Waals surface area (Å²) >= 11 is 0. The van der Waals surface area contributed by atoms with E-state index in [0.717, 1.165) is 122 Å². The maximum absolute atomic E-state index is 13.6. The van der Waals surface area contributed by atoms with Crippen LogP contribution in [0.25, 0.3) is 0 Å². The Balaban J connectivity index is 5.03. The van der Waals surface area contributed by atoms with Crippen molar-refractivity contribution in [2.24, 2.45) is 0 Å². The first-order valence-corrected chi connectivity index (χ1v) is 38.9. The lowest BCUT2D eigenvalue weighted by molar-refractivity contribution is -0.870. The number of likely N-dealkylation sites (N-methyl/N-ethyl adjacent to an activating group) is 1. The summed E-state index contributed by atoms with van der Waals surface area (Å²) in [5.41, 5.74) is 0. The number of carbonyl (C=O) groups is 2. The van der Waals surface area contributed by atoms with Crippen molar-refractivity contribution < 1.29 is 37.3 Å². The molecule has 0 bridgehead atoms. The molecular weight excluding hydrogens is 1110 g/mol. The number of ether oxygens (including phenoxy) is 1. The number of hydrogen-bond donors (Lipinski definition) is 1. The Hall–Kier alpha value is -2.81. The van der Waals surface area contributed by atoms with Gasteiger partial charge >= 0.3 is 5.97 Å². The number of quaternary nitrogens is 1. The molecule has 0 aromatic carbocycles. The monoisotopic (exact) mass is 1250 g/mol. The Morgan fingerprint density at radius 2 is 0.727 bits per heavy atom. The zero-order valence-corrected chi connectivity index (χ0v) is 59.6. The number of rotatable bonds is 68. The number of phosphoric ester groups is 1. The second-order valence-corrected chi connectivity index (χ2v) is 27.8. The summed E-state index contributed by atoms with van der Waals surface area (Å²) in [6.07, 6.45) is 90.0. The van der Waals surface area contributed by atoms with Gasteiger partial charge in [-0.25, -0.2) is 0 Å². The summed E-state index contributed by atoms with van der Waals surface area (Å²) in [5.74, 6) is -0.547. The first-order valence-electron chi connectivity index (χ1n) is 37.4. The number of hydrogen-bond acceptors (Lipinski definition) is 7. The molecule has 9 nitrogen and oxygen atoms in total. The summed E-state index contributed by atoms with van der Waals surface area (Å²) in [5, 5.41) is 3.04. The van der Waals surface area contributed by atoms with Crippen molar-refractivity contribution in [1.29, 1.82) is 0 Å². The van der Waals surface area contributed by atoms with Gasteiger partial charge in [0.2, 0.25) is 5.91 Å². The van der Waals surface area contributed by atoms with Gasteiger partial charge in [0.15, 0.2) is 0 Å². The highest BCUT2D eigenvalue weighted by molar-refractivity contribution is 7.45. The van der Waals surface area contributed by atoms with Gasteiger partial charge < -0.3 is 28.5 Å². The largest absolute Gasteiger partial charge is 0.756 e. The van der Waals surface area contributed by atoms with Gasteiger partial charge in [-0.2, -0.15) is 0 Å². The van der Waals surface area contributed by atoms with Gasteiger partial charge in [-0.3, -0.25) is 14.2 Å². The molecule has 0 aliphatic carbocycles. The molecule has 0 heterocycles. The van der Waals surface area contributed by atoms with Crippen molar-refractivity contribution in [3.63, 3.8) is 0 Å². The number of allylic oxidation sites excluding steroid dienone is 13. The Labute approximate surface area is 546 Å². The highest BCUT2D eigenvalue weighted by Crippen LogP contribution is 2.38. The third-order valence-corrected chi connectivity index (χ3v) is 17.6. The van der Waals surface area contributed by atoms with Crippen molar-refractivity contribution >= 4 is 19.7 Å². The molecule has 1 amide bonds. The van der Waals surface area contributed by atoms with Gasteiger partial charge in [-0.15, -0.1) is 0 Å². The maximum Gasteiger partial charge on any atom is 0.306 e. The summed E-state index contributed by atoms with van der Waals surface area (Å²) in [7, 11) is 1.18. The topological polar surface area (TPSA) is 114 Å². The fourth-order valence-corrected chi connectivity index (χ4v) is 11.6. The zero-order chi connectivity index (χ0) is 64.2. The lowest BCUT2D eigenvalue weighted by Gasteiger charge is -2.30. The molecule has 512 valence electrons. The van der Waals surface area contributed by atoms with E-state index in [2.05, 4.69) is 99.0 Å². The molecule has 0 rings (SSSR count). The normalized spacial score (nSPS) is 13.9. The van der Waals surface area contributed by atoms with Crippen LogP contribution in [0.3, 0.4) is 0 Å². The minimum Gasteiger partial charge on any atom is -0.756 e. The predicted octanol–water partition coefficient (Wildman–Crippen LogP) is 23.4. The first kappa shape index (κ1) is 85.2. The van der Waals surface area contributed by atoms with Gasteiger partial charge in [0.1, 0.15) is 19.3 Å². The van der Waals surface area contributed by atoms with Gasteiger partial charge in [0.25, 0.3) is 7.82 Å². The maximum atomic E-state index is 13.6. The number of phosphoric acid groups is 1. The Morgan fingerprint density at radius 1 is 0.409 bits per heavy atom. The van der Waals surface area contributed by atoms with E-state index in [-0.39, 0.29) is 24.9 Å². The van der Waals surface area contributed by atoms with E-state index in [1.54, 1.807) is 0 Å². The van der Waals surface area contributed by atoms with Crippen LogP contribution in [0.4, 0.5) is 0 Å². The van der Waals surface area contributed by atoms with Crippen LogP contribution in [0.15, 0.2) is 85.1 Å². The van der Waals surface area contributed by atoms with Gasteiger partial charge in [0, 0.05) is 12.8 Å². The number of carbonyl (C=O) groups excluding carboxylic acids is 2. The van der Waals surface area contributed by atoms with Gasteiger partial charge in [-0.1, -0.05) is 337 Å². The zero-order valence-electron chi connectivity index (χ0n) is 58.7. The van der Waals surface area contributed by atoms with E-state index in [9.17, 15) is 19.0 Å². The number of unbranched alkanes of at least 4 members (excludes halogenated alkanes) is 40. The Bertz CT molecular complexity index is 1780. The molecule has 0 radical (unpaired) electrons. The third kappa shape index (κ3) is 67.6. The average Bonchev–Trinajstić information content (AvgIpc) is 3.71. The Kier molecular flexibility index (Phi) is 64.9. The molecule has 0 aliphatic heterocycles. The lowest BCUT2D eigenvalue weighted by atomic mass is 10.0. The molecule has 3 unspecified atom stereocenters. The van der Waals surface area contributed by atoms with E-state index in [4.69, 9.17) is 13.8 Å². The second-order valence-electron chi connectivity index (χ2n) is 26.4. The number of nitrogens with one attached hydrogen (secondary N) is 1. The summed E-state index contributed by atoms with van der Waals surface area (Å²) < 4.78 is 30.5. The van der Waals surface area contributed by atoms with E-state index in [0.29, 0.717) is 17.4 Å². The minimum absolute atomic E-state index is 0.0272. The fourth-order valence-electron chi connectivity index (χ4n) is 10.9. The molecule has 0 aromatic rings. The highest BCUT2D eigenvalue weighted by atomic mass is 31.2. The molecule has 0 fully saturated rings. The standard InChI is InChI=1S/C78H143N2O7P/c1-7-10-13-16-19-22-25-28-30-32-34-36-38-40-42-44-46-48-50-52-55-58-61-64-67-70-77(81)79-75(74-86-88(83,84)85-73-72-80(4,5)6)76(69-66-63-60-57-54-27-24-21-18-15-12-9-3)87-78(82)71-68-65-62-59-56-53-51-49-47-45-43-41-39-37-35-33-31-29-26-23-20-17-14-11-8-2/h10,13,19,22,28,30,34,36,40,42,46,48,66,69,75-76H,7-9,11-12,14-18,20-21,23-27,29,31-33,35,37-39,41,43-45,47,49-65,67-68,70-74H2,1-6H3,(H-,79,81,83,84)/b13-10-,22-19-,30-28-,36-34-,42-40-,48-46-,69-66+. The van der Waals surface area contributed by atoms with E-state index >= 15 is 0 Å². The first-order chi connectivity index (χ1) is 42.9. The smallest absolute Gasteiger partial charge is 0.306 e. The van der Waals surface area contributed by atoms with Crippen LogP contribution in [0.1, 0.15) is 348 Å². The van der Waals surface area contributed by atoms with Crippen LogP contribution in [-0.2, 0) is 27.9 Å². The quantitative estimate of drug-likeness (QED) is 0.0212. The fraction of sp³-hybridized carbons (Fsp3) is 0.795. The lowest BCUT2D eigenvalue weighted by Crippen LogP contribution is -2.47. The van der Waals surface area contributed by atoms with E-state index in [1.807, 2.05) is 33.3 Å². The van der Waals surface area contributed by atoms with Gasteiger partial charge in [-0.05, 0) is 83.1 Å². The van der Waals surface area contributed by atoms with Crippen molar-refractivity contribution in [3.05, 3.63) is 85.1 Å². The number of esters is 1. The van der Waals surface area contributed by atoms with Crippen LogP contribution in [0.5, 0.6) is 0 Å². The summed E-state index contributed by atoms with van der Waals surface area (Å²) in [6, 6.07) is -0.900. The molecule has 10 heteroatoms. The van der Waals surface area contributed by atoms with Crippen LogP contribution in [0, 0.1) is 0 Å². The van der Waals surface area contributed by atoms with E-state index < -0.39 is 26.6 Å². The van der Waals surface area contributed by atoms with Crippen molar-refractivity contribution in [1.82, 2.24) is 5.32 Å². The number of amides is 1. The molecular formula is C78H143N2O7P. The number of nitrogens with zero attached hydrogens (tertiary/aromatic N) is 1. The third-order valence-electron chi connectivity index (χ3n) is 16.6. The second kappa shape index (κ2) is 67.1. The molecule has 1 N–H and O–H groups in total. The van der Waals surface area contributed by atoms with Crippen molar-refractivity contribution in [2.75, 3.05) is 40.9 Å². The molecule has 0 saturated heterocycles. The average molecular weight is 1250 g/mol. The molecule has 3 atom stereocenters. The van der Waals surface area contributed by atoms with Crippen LogP contribution in [0.2, 0.25) is 0 Å². The molecule has 0 saturated carbocycles. The summed E-state index contributed by atoms with van der Waals surface area (Å²) in [4.78, 5) is 40.2. The van der Waals surface area contributed by atoms with Crippen LogP contribution >= 0.6 is 7.82 Å². The predicted molar refractivity (Wildman–Crippen MR) is 381 cm³/mol. The molecule has 88 heavy (non-hydrogen) atoms. The van der Waals surface area contributed by atoms with Gasteiger partial charge in [0.05, 0.1) is 33.8 Å². The summed E-state index contributed by atoms with van der Waals surface area (Å²) in [6.45, 7) is 6.76. The van der Waals surface area contributed by atoms with Crippen molar-refractivity contribution in [2.45, 2.75) is 360 Å². The van der Waals surface area contributed by atoms with Crippen LogP contribution in [-0.4, -0.2) is 69.4 Å². The molecule has 0 aliphatic rings. The SMILES string of the molecule is CC/C=C\C/C=C\C/C=C\C/C=C\C/C=C\C/C=C\CCCCCCCCC(=O)NC(COP(=O)([O-])OCC[N+](C)(C)C)C(/C=C/CCCCCCCCCCCC)OC(=O)CCCCCCCCCCCCCCCCCCCCCCCCCCC. The highest BCUT2D eigenvalue weighted by Gasteiger charge is 2.27. The Morgan fingerprint density at radius 3 is 1.09 bits per heavy atom. The molecule has 0 aromatic heterocycles. The van der Waals surface area contributed by atoms with Crippen LogP contribution < -0.4 is 10.2 Å². The minimum atomic E-state index is -4.71. The molecule has 0 spiro atoms. The van der Waals surface area contributed by atoms with Crippen molar-refractivity contribution in [3.8, 4) is 0 Å². The van der Waals surface area contributed by atoms with E-state index in [1.165, 1.54) is 193 Å².